The number of rotatable bonds is 1. The first-order valence-electron chi connectivity index (χ1n) is 6.50. The smallest absolute Gasteiger partial charge is 0.183 e. The number of hydrogen-bond donors (Lipinski definition) is 0. The maximum Gasteiger partial charge on any atom is 0.183 e. The number of ketones is 2. The van der Waals surface area contributed by atoms with E-state index in [4.69, 9.17) is 0 Å². The molecular weight excluding hydrogens is 405 g/mol. The van der Waals surface area contributed by atoms with E-state index in [0.717, 1.165) is 0 Å². The summed E-state index contributed by atoms with van der Waals surface area (Å²) in [5, 5.41) is 8.19. The van der Waals surface area contributed by atoms with Crippen molar-refractivity contribution in [2.45, 2.75) is 5.25 Å². The van der Waals surface area contributed by atoms with Crippen molar-refractivity contribution in [3.63, 3.8) is 0 Å². The highest BCUT2D eigenvalue weighted by molar-refractivity contribution is 8.34. The van der Waals surface area contributed by atoms with Gasteiger partial charge in [-0.15, -0.1) is 11.8 Å². The molecule has 0 aromatic heterocycles. The van der Waals surface area contributed by atoms with E-state index in [1.54, 1.807) is 70.6 Å². The van der Waals surface area contributed by atoms with Gasteiger partial charge in [0.15, 0.2) is 11.6 Å². The molecule has 3 heterocycles. The van der Waals surface area contributed by atoms with Crippen molar-refractivity contribution in [2.24, 2.45) is 0 Å². The highest BCUT2D eigenvalue weighted by Gasteiger charge is 2.37. The third kappa shape index (κ3) is 3.34. The quantitative estimate of drug-likeness (QED) is 0.510. The standard InChI is InChI=1S/C15H8O2S6/c16-8-1-2-10(17)9(7-8)11-12(13-18-3-4-19-13)23-15(22-11)14-20-5-6-21-14/h1-7,11H. The third-order valence-corrected chi connectivity index (χ3v) is 11.1. The van der Waals surface area contributed by atoms with Crippen LogP contribution in [0.4, 0.5) is 0 Å². The normalized spacial score (nSPS) is 27.0. The van der Waals surface area contributed by atoms with Crippen molar-refractivity contribution in [3.05, 3.63) is 63.1 Å². The number of allylic oxidation sites excluding steroid dienone is 3. The predicted octanol–water partition coefficient (Wildman–Crippen LogP) is 5.67. The molecule has 1 atom stereocenters. The van der Waals surface area contributed by atoms with Crippen LogP contribution in [-0.2, 0) is 9.59 Å². The fraction of sp³-hybridized carbons (Fsp3) is 0.0667. The fourth-order valence-electron chi connectivity index (χ4n) is 2.14. The van der Waals surface area contributed by atoms with Gasteiger partial charge in [-0.05, 0) is 39.9 Å². The van der Waals surface area contributed by atoms with Crippen LogP contribution in [0.1, 0.15) is 0 Å². The molecule has 8 heteroatoms. The molecule has 2 nitrogen and oxygen atoms in total. The van der Waals surface area contributed by atoms with Gasteiger partial charge in [-0.1, -0.05) is 58.8 Å². The van der Waals surface area contributed by atoms with Gasteiger partial charge in [-0.2, -0.15) is 0 Å². The molecule has 0 aromatic carbocycles. The Kier molecular flexibility index (Phi) is 4.99. The summed E-state index contributed by atoms with van der Waals surface area (Å²) in [6, 6.07) is 0. The van der Waals surface area contributed by atoms with Gasteiger partial charge in [0.2, 0.25) is 0 Å². The van der Waals surface area contributed by atoms with Crippen LogP contribution in [0.15, 0.2) is 63.1 Å². The van der Waals surface area contributed by atoms with Crippen molar-refractivity contribution in [1.82, 2.24) is 0 Å². The van der Waals surface area contributed by atoms with Crippen LogP contribution in [0.25, 0.3) is 0 Å². The van der Waals surface area contributed by atoms with E-state index in [1.807, 2.05) is 0 Å². The average Bonchev–Trinajstić information content (AvgIpc) is 3.29. The molecule has 116 valence electrons. The summed E-state index contributed by atoms with van der Waals surface area (Å²) in [4.78, 5) is 25.2. The zero-order valence-corrected chi connectivity index (χ0v) is 16.3. The fourth-order valence-corrected chi connectivity index (χ4v) is 9.58. The Hall–Kier alpha value is -0.120. The van der Waals surface area contributed by atoms with Crippen molar-refractivity contribution in [3.8, 4) is 0 Å². The molecule has 0 bridgehead atoms. The first-order chi connectivity index (χ1) is 11.2. The Morgan fingerprint density at radius 2 is 1.43 bits per heavy atom. The van der Waals surface area contributed by atoms with Crippen molar-refractivity contribution in [1.29, 1.82) is 0 Å². The van der Waals surface area contributed by atoms with Gasteiger partial charge >= 0.3 is 0 Å². The van der Waals surface area contributed by atoms with Crippen LogP contribution in [0.5, 0.6) is 0 Å². The zero-order valence-electron chi connectivity index (χ0n) is 11.4. The van der Waals surface area contributed by atoms with Crippen LogP contribution in [0.2, 0.25) is 0 Å². The zero-order chi connectivity index (χ0) is 15.8. The van der Waals surface area contributed by atoms with Crippen LogP contribution in [0.3, 0.4) is 0 Å². The van der Waals surface area contributed by atoms with E-state index in [-0.39, 0.29) is 16.8 Å². The topological polar surface area (TPSA) is 34.1 Å². The molecular formula is C15H8O2S6. The molecule has 1 unspecified atom stereocenters. The minimum atomic E-state index is -0.105. The first-order valence-corrected chi connectivity index (χ1v) is 11.7. The minimum absolute atomic E-state index is 0.0575. The van der Waals surface area contributed by atoms with Gasteiger partial charge in [-0.25, -0.2) is 0 Å². The first kappa shape index (κ1) is 16.4. The van der Waals surface area contributed by atoms with Crippen LogP contribution >= 0.6 is 70.6 Å². The molecule has 0 spiro atoms. The average molecular weight is 413 g/mol. The molecule has 0 saturated carbocycles. The molecule has 4 aliphatic rings. The van der Waals surface area contributed by atoms with Gasteiger partial charge in [0.05, 0.1) is 18.0 Å². The van der Waals surface area contributed by atoms with Gasteiger partial charge in [0, 0.05) is 10.5 Å². The molecule has 1 fully saturated rings. The molecule has 1 aliphatic carbocycles. The second-order valence-corrected chi connectivity index (χ2v) is 11.1. The Bertz CT molecular complexity index is 764. The molecule has 3 aliphatic heterocycles. The van der Waals surface area contributed by atoms with E-state index in [0.29, 0.717) is 5.57 Å². The lowest BCUT2D eigenvalue weighted by Crippen LogP contribution is -2.17. The Morgan fingerprint density at radius 3 is 2.13 bits per heavy atom. The van der Waals surface area contributed by atoms with Gasteiger partial charge in [0.1, 0.15) is 0 Å². The van der Waals surface area contributed by atoms with Crippen LogP contribution < -0.4 is 0 Å². The minimum Gasteiger partial charge on any atom is -0.290 e. The Morgan fingerprint density at radius 1 is 0.783 bits per heavy atom. The number of hydrogen-bond acceptors (Lipinski definition) is 8. The molecule has 1 saturated heterocycles. The molecule has 0 aromatic rings. The third-order valence-electron chi connectivity index (χ3n) is 3.11. The van der Waals surface area contributed by atoms with Crippen LogP contribution in [0, 0.1) is 0 Å². The molecule has 0 amide bonds. The van der Waals surface area contributed by atoms with E-state index >= 15 is 0 Å². The summed E-state index contributed by atoms with van der Waals surface area (Å²) in [7, 11) is 0. The predicted molar refractivity (Wildman–Crippen MR) is 109 cm³/mol. The highest BCUT2D eigenvalue weighted by atomic mass is 32.2. The second-order valence-electron chi connectivity index (χ2n) is 4.54. The van der Waals surface area contributed by atoms with Crippen molar-refractivity contribution >= 4 is 82.1 Å². The molecule has 0 radical (unpaired) electrons. The van der Waals surface area contributed by atoms with Crippen molar-refractivity contribution < 1.29 is 9.59 Å². The lowest BCUT2D eigenvalue weighted by molar-refractivity contribution is -0.114. The molecule has 0 N–H and O–H groups in total. The Labute approximate surface area is 159 Å². The maximum atomic E-state index is 12.3. The van der Waals surface area contributed by atoms with Gasteiger partial charge < -0.3 is 0 Å². The van der Waals surface area contributed by atoms with E-state index in [2.05, 4.69) is 21.6 Å². The molecule has 4 rings (SSSR count). The number of carbonyl (C=O) groups is 2. The van der Waals surface area contributed by atoms with Gasteiger partial charge in [0.25, 0.3) is 0 Å². The summed E-state index contributed by atoms with van der Waals surface area (Å²) in [6.07, 6.45) is 4.24. The largest absolute Gasteiger partial charge is 0.290 e. The summed E-state index contributed by atoms with van der Waals surface area (Å²) in [5.41, 5.74) is 0.599. The van der Waals surface area contributed by atoms with Crippen molar-refractivity contribution in [2.75, 3.05) is 0 Å². The summed E-state index contributed by atoms with van der Waals surface area (Å²) >= 11 is 10.2. The van der Waals surface area contributed by atoms with E-state index in [1.165, 1.54) is 35.8 Å². The monoisotopic (exact) mass is 412 g/mol. The second kappa shape index (κ2) is 7.01. The van der Waals surface area contributed by atoms with E-state index in [9.17, 15) is 9.59 Å². The summed E-state index contributed by atoms with van der Waals surface area (Å²) in [6.45, 7) is 0. The number of carbonyl (C=O) groups excluding carboxylic acids is 2. The lowest BCUT2D eigenvalue weighted by atomic mass is 10.0. The van der Waals surface area contributed by atoms with Gasteiger partial charge in [-0.3, -0.25) is 9.59 Å². The Balaban J connectivity index is 1.74. The number of thioether (sulfide) groups is 6. The van der Waals surface area contributed by atoms with Crippen LogP contribution in [-0.4, -0.2) is 16.8 Å². The SMILES string of the molecule is O=C1C=CC(=O)C(C2SC(=C3SC=CS3)SC2=C2SC=CS2)=C1. The lowest BCUT2D eigenvalue weighted by Gasteiger charge is -2.15. The summed E-state index contributed by atoms with van der Waals surface area (Å²) < 4.78 is 3.69. The highest BCUT2D eigenvalue weighted by Crippen LogP contribution is 2.61. The maximum absolute atomic E-state index is 12.3. The summed E-state index contributed by atoms with van der Waals surface area (Å²) in [5.74, 6) is -0.162. The van der Waals surface area contributed by atoms with E-state index < -0.39 is 0 Å². The molecule has 23 heavy (non-hydrogen) atoms.